The lowest BCUT2D eigenvalue weighted by Crippen LogP contribution is -2.54. The van der Waals surface area contributed by atoms with Crippen LogP contribution in [0.25, 0.3) is 0 Å². The molecule has 2 fully saturated rings. The van der Waals surface area contributed by atoms with E-state index < -0.39 is 0 Å². The Morgan fingerprint density at radius 2 is 1.82 bits per heavy atom. The summed E-state index contributed by atoms with van der Waals surface area (Å²) in [5, 5.41) is 3.73. The number of rotatable bonds is 3. The summed E-state index contributed by atoms with van der Waals surface area (Å²) >= 11 is 0. The molecule has 2 aliphatic rings. The zero-order valence-electron chi connectivity index (χ0n) is 12.1. The Bertz CT molecular complexity index is 241. The van der Waals surface area contributed by atoms with Crippen LogP contribution in [0.1, 0.15) is 53.4 Å². The number of likely N-dealkylation sites (N-methyl/N-ethyl adjacent to an activating group) is 1. The summed E-state index contributed by atoms with van der Waals surface area (Å²) in [4.78, 5) is 2.80. The van der Waals surface area contributed by atoms with E-state index in [0.29, 0.717) is 0 Å². The average Bonchev–Trinajstić information content (AvgIpc) is 2.61. The predicted molar refractivity (Wildman–Crippen MR) is 74.2 cm³/mol. The molecule has 2 rings (SSSR count). The van der Waals surface area contributed by atoms with E-state index in [2.05, 4.69) is 37.9 Å². The zero-order valence-corrected chi connectivity index (χ0v) is 12.1. The fourth-order valence-electron chi connectivity index (χ4n) is 4.01. The molecule has 1 N–H and O–H groups in total. The molecule has 2 heteroatoms. The van der Waals surface area contributed by atoms with E-state index >= 15 is 0 Å². The zero-order chi connectivity index (χ0) is 12.4. The molecule has 5 unspecified atom stereocenters. The molecule has 1 saturated carbocycles. The Morgan fingerprint density at radius 1 is 1.06 bits per heavy atom. The molecule has 1 saturated heterocycles. The molecule has 17 heavy (non-hydrogen) atoms. The van der Waals surface area contributed by atoms with Crippen molar-refractivity contribution in [2.24, 2.45) is 11.8 Å². The van der Waals surface area contributed by atoms with Crippen LogP contribution in [0.4, 0.5) is 0 Å². The van der Waals surface area contributed by atoms with Gasteiger partial charge >= 0.3 is 0 Å². The topological polar surface area (TPSA) is 15.3 Å². The molecular formula is C15H30N2. The van der Waals surface area contributed by atoms with E-state index in [1.807, 2.05) is 0 Å². The van der Waals surface area contributed by atoms with Crippen LogP contribution in [-0.2, 0) is 0 Å². The molecule has 0 aromatic carbocycles. The Balaban J connectivity index is 2.03. The molecule has 0 amide bonds. The van der Waals surface area contributed by atoms with Crippen LogP contribution >= 0.6 is 0 Å². The van der Waals surface area contributed by atoms with Gasteiger partial charge in [-0.2, -0.15) is 0 Å². The molecule has 0 aromatic heterocycles. The lowest BCUT2D eigenvalue weighted by atomic mass is 9.82. The highest BCUT2D eigenvalue weighted by Crippen LogP contribution is 2.33. The number of nitrogens with zero attached hydrogens (tertiary/aromatic N) is 1. The third-order valence-corrected chi connectivity index (χ3v) is 4.80. The lowest BCUT2D eigenvalue weighted by Gasteiger charge is -2.42. The Kier molecular flexibility index (Phi) is 4.48. The maximum atomic E-state index is 3.73. The molecule has 1 aliphatic heterocycles. The van der Waals surface area contributed by atoms with Gasteiger partial charge in [0.1, 0.15) is 0 Å². The molecule has 1 aliphatic carbocycles. The second kappa shape index (κ2) is 5.71. The van der Waals surface area contributed by atoms with Gasteiger partial charge in [0.2, 0.25) is 0 Å². The SMILES string of the molecule is CCNC1CCC(C)CC1N1CC(C)CC1C. The van der Waals surface area contributed by atoms with Gasteiger partial charge in [-0.05, 0) is 51.0 Å². The minimum Gasteiger partial charge on any atom is -0.313 e. The van der Waals surface area contributed by atoms with Gasteiger partial charge in [-0.15, -0.1) is 0 Å². The third kappa shape index (κ3) is 3.03. The molecule has 0 bridgehead atoms. The first-order chi connectivity index (χ1) is 8.11. The molecule has 5 atom stereocenters. The molecular weight excluding hydrogens is 208 g/mol. The average molecular weight is 238 g/mol. The minimum absolute atomic E-state index is 0.740. The van der Waals surface area contributed by atoms with Gasteiger partial charge in [-0.3, -0.25) is 4.90 Å². The molecule has 2 nitrogen and oxygen atoms in total. The number of hydrogen-bond acceptors (Lipinski definition) is 2. The van der Waals surface area contributed by atoms with Gasteiger partial charge in [0.15, 0.2) is 0 Å². The van der Waals surface area contributed by atoms with Crippen LogP contribution < -0.4 is 5.32 Å². The summed E-state index contributed by atoms with van der Waals surface area (Å²) < 4.78 is 0. The van der Waals surface area contributed by atoms with E-state index in [1.54, 1.807) is 0 Å². The van der Waals surface area contributed by atoms with Crippen molar-refractivity contribution >= 4 is 0 Å². The van der Waals surface area contributed by atoms with Crippen LogP contribution in [0.3, 0.4) is 0 Å². The highest BCUT2D eigenvalue weighted by Gasteiger charge is 2.38. The molecule has 1 heterocycles. The van der Waals surface area contributed by atoms with Crippen LogP contribution in [0.5, 0.6) is 0 Å². The predicted octanol–water partition coefficient (Wildman–Crippen LogP) is 2.88. The Morgan fingerprint density at radius 3 is 2.41 bits per heavy atom. The second-order valence-electron chi connectivity index (χ2n) is 6.54. The van der Waals surface area contributed by atoms with Crippen molar-refractivity contribution in [3.63, 3.8) is 0 Å². The van der Waals surface area contributed by atoms with Gasteiger partial charge in [0, 0.05) is 24.7 Å². The van der Waals surface area contributed by atoms with Crippen molar-refractivity contribution in [1.29, 1.82) is 0 Å². The summed E-state index contributed by atoms with van der Waals surface area (Å²) in [6, 6.07) is 2.32. The van der Waals surface area contributed by atoms with Gasteiger partial charge in [0.05, 0.1) is 0 Å². The van der Waals surface area contributed by atoms with Crippen molar-refractivity contribution in [2.75, 3.05) is 13.1 Å². The fraction of sp³-hybridized carbons (Fsp3) is 1.00. The molecule has 0 aromatic rings. The standard InChI is InChI=1S/C15H30N2/c1-5-16-14-7-6-11(2)9-15(14)17-10-12(3)8-13(17)4/h11-16H,5-10H2,1-4H3. The van der Waals surface area contributed by atoms with Crippen molar-refractivity contribution in [3.8, 4) is 0 Å². The van der Waals surface area contributed by atoms with E-state index in [4.69, 9.17) is 0 Å². The summed E-state index contributed by atoms with van der Waals surface area (Å²) in [7, 11) is 0. The molecule has 100 valence electrons. The highest BCUT2D eigenvalue weighted by atomic mass is 15.2. The van der Waals surface area contributed by atoms with E-state index in [1.165, 1.54) is 32.2 Å². The largest absolute Gasteiger partial charge is 0.313 e. The van der Waals surface area contributed by atoms with Crippen molar-refractivity contribution in [1.82, 2.24) is 10.2 Å². The highest BCUT2D eigenvalue weighted by molar-refractivity contribution is 4.95. The monoisotopic (exact) mass is 238 g/mol. The van der Waals surface area contributed by atoms with Gasteiger partial charge < -0.3 is 5.32 Å². The van der Waals surface area contributed by atoms with Crippen LogP contribution in [0.15, 0.2) is 0 Å². The Hall–Kier alpha value is -0.0800. The first-order valence-corrected chi connectivity index (χ1v) is 7.61. The van der Waals surface area contributed by atoms with Gasteiger partial charge in [0.25, 0.3) is 0 Å². The number of nitrogens with one attached hydrogen (secondary N) is 1. The minimum atomic E-state index is 0.740. The lowest BCUT2D eigenvalue weighted by molar-refractivity contribution is 0.0946. The van der Waals surface area contributed by atoms with E-state index in [9.17, 15) is 0 Å². The van der Waals surface area contributed by atoms with Crippen molar-refractivity contribution in [2.45, 2.75) is 71.5 Å². The van der Waals surface area contributed by atoms with Crippen LogP contribution in [0.2, 0.25) is 0 Å². The summed E-state index contributed by atoms with van der Waals surface area (Å²) in [6.07, 6.45) is 5.57. The second-order valence-corrected chi connectivity index (χ2v) is 6.54. The van der Waals surface area contributed by atoms with E-state index in [0.717, 1.165) is 36.5 Å². The number of hydrogen-bond donors (Lipinski definition) is 1. The first kappa shape index (κ1) is 13.4. The summed E-state index contributed by atoms with van der Waals surface area (Å²) in [5.74, 6) is 1.81. The van der Waals surface area contributed by atoms with E-state index in [-0.39, 0.29) is 0 Å². The smallest absolute Gasteiger partial charge is 0.0254 e. The normalized spacial score (nSPS) is 44.1. The van der Waals surface area contributed by atoms with Gasteiger partial charge in [-0.1, -0.05) is 20.8 Å². The van der Waals surface area contributed by atoms with Crippen molar-refractivity contribution < 1.29 is 0 Å². The first-order valence-electron chi connectivity index (χ1n) is 7.61. The fourth-order valence-corrected chi connectivity index (χ4v) is 4.01. The summed E-state index contributed by atoms with van der Waals surface area (Å²) in [5.41, 5.74) is 0. The van der Waals surface area contributed by atoms with Gasteiger partial charge in [-0.25, -0.2) is 0 Å². The van der Waals surface area contributed by atoms with Crippen molar-refractivity contribution in [3.05, 3.63) is 0 Å². The molecule has 0 spiro atoms. The maximum absolute atomic E-state index is 3.73. The van der Waals surface area contributed by atoms with Crippen LogP contribution in [0, 0.1) is 11.8 Å². The third-order valence-electron chi connectivity index (χ3n) is 4.80. The quantitative estimate of drug-likeness (QED) is 0.813. The van der Waals surface area contributed by atoms with Crippen LogP contribution in [-0.4, -0.2) is 36.1 Å². The Labute approximate surface area is 107 Å². The number of likely N-dealkylation sites (tertiary alicyclic amines) is 1. The summed E-state index contributed by atoms with van der Waals surface area (Å²) in [6.45, 7) is 11.9. The maximum Gasteiger partial charge on any atom is 0.0254 e. The molecule has 0 radical (unpaired) electrons.